The van der Waals surface area contributed by atoms with E-state index in [2.05, 4.69) is 20.8 Å². The minimum absolute atomic E-state index is 0.0109. The van der Waals surface area contributed by atoms with Crippen molar-refractivity contribution in [3.05, 3.63) is 29.7 Å². The molecule has 1 saturated carbocycles. The van der Waals surface area contributed by atoms with Crippen LogP contribution in [0, 0.1) is 0 Å². The van der Waals surface area contributed by atoms with Gasteiger partial charge in [-0.1, -0.05) is 24.2 Å². The Balaban J connectivity index is 1.46. The number of alkyl halides is 5. The van der Waals surface area contributed by atoms with Crippen molar-refractivity contribution in [3.8, 4) is 10.7 Å². The van der Waals surface area contributed by atoms with Crippen molar-refractivity contribution in [2.24, 2.45) is 0 Å². The van der Waals surface area contributed by atoms with E-state index >= 15 is 4.39 Å². The highest BCUT2D eigenvalue weighted by molar-refractivity contribution is 7.23. The van der Waals surface area contributed by atoms with Crippen LogP contribution in [0.25, 0.3) is 20.8 Å². The Morgan fingerprint density at radius 1 is 1.31 bits per heavy atom. The first-order chi connectivity index (χ1) is 18.4. The predicted molar refractivity (Wildman–Crippen MR) is 138 cm³/mol. The molecule has 212 valence electrons. The summed E-state index contributed by atoms with van der Waals surface area (Å²) in [7, 11) is 1.91. The Labute approximate surface area is 226 Å². The Morgan fingerprint density at radius 2 is 2.05 bits per heavy atom. The first-order valence-corrected chi connectivity index (χ1v) is 13.8. The summed E-state index contributed by atoms with van der Waals surface area (Å²) in [6.07, 6.45) is -5.20. The number of thiophene rings is 1. The summed E-state index contributed by atoms with van der Waals surface area (Å²) >= 11 is 1.07. The Hall–Kier alpha value is -2.80. The summed E-state index contributed by atoms with van der Waals surface area (Å²) < 4.78 is 75.9. The Morgan fingerprint density at radius 3 is 2.72 bits per heavy atom. The lowest BCUT2D eigenvalue weighted by Crippen LogP contribution is -2.56. The third kappa shape index (κ3) is 5.60. The van der Waals surface area contributed by atoms with E-state index in [1.165, 1.54) is 0 Å². The first kappa shape index (κ1) is 27.8. The molecule has 1 aromatic carbocycles. The number of hydrogen-bond acceptors (Lipinski definition) is 7. The molecule has 2 aliphatic rings. The van der Waals surface area contributed by atoms with E-state index in [0.29, 0.717) is 22.2 Å². The molecule has 2 N–H and O–H groups in total. The molecule has 3 aromatic rings. The van der Waals surface area contributed by atoms with Gasteiger partial charge in [-0.2, -0.15) is 18.2 Å². The number of anilines is 1. The largest absolute Gasteiger partial charge is 0.393 e. The van der Waals surface area contributed by atoms with E-state index < -0.39 is 36.4 Å². The molecule has 0 radical (unpaired) electrons. The molecule has 1 saturated heterocycles. The second-order valence-corrected chi connectivity index (χ2v) is 11.5. The maximum absolute atomic E-state index is 15.3. The lowest BCUT2D eigenvalue weighted by molar-refractivity contribution is -0.128. The van der Waals surface area contributed by atoms with Crippen molar-refractivity contribution in [3.63, 3.8) is 0 Å². The van der Waals surface area contributed by atoms with Gasteiger partial charge in [0.25, 0.3) is 5.91 Å². The molecule has 0 spiro atoms. The zero-order chi connectivity index (χ0) is 28.1. The lowest BCUT2D eigenvalue weighted by atomic mass is 9.89. The smallest absolute Gasteiger partial charge is 0.378 e. The predicted octanol–water partition coefficient (Wildman–Crippen LogP) is 5.80. The number of hydrogen-bond donors (Lipinski definition) is 2. The van der Waals surface area contributed by atoms with Crippen LogP contribution in [0.3, 0.4) is 0 Å². The molecule has 2 fully saturated rings. The third-order valence-electron chi connectivity index (χ3n) is 7.76. The van der Waals surface area contributed by atoms with E-state index in [4.69, 9.17) is 4.52 Å². The van der Waals surface area contributed by atoms with Crippen LogP contribution in [0.15, 0.2) is 22.7 Å². The van der Waals surface area contributed by atoms with Gasteiger partial charge in [-0.3, -0.25) is 9.69 Å². The van der Waals surface area contributed by atoms with Gasteiger partial charge in [0.1, 0.15) is 6.17 Å². The van der Waals surface area contributed by atoms with E-state index in [1.807, 2.05) is 25.8 Å². The molecule has 5 rings (SSSR count). The number of rotatable bonds is 8. The van der Waals surface area contributed by atoms with Gasteiger partial charge in [-0.05, 0) is 56.7 Å². The average molecular weight is 572 g/mol. The normalized spacial score (nSPS) is 25.1. The molecule has 1 amide bonds. The number of piperidine rings is 1. The van der Waals surface area contributed by atoms with E-state index in [0.717, 1.165) is 17.8 Å². The first-order valence-electron chi connectivity index (χ1n) is 12.9. The van der Waals surface area contributed by atoms with Gasteiger partial charge in [0, 0.05) is 12.1 Å². The molecular formula is C26H30F5N5O2S. The summed E-state index contributed by atoms with van der Waals surface area (Å²) in [6.45, 7) is 3.64. The average Bonchev–Trinajstić information content (AvgIpc) is 3.31. The maximum atomic E-state index is 15.3. The fourth-order valence-electron chi connectivity index (χ4n) is 5.19. The lowest BCUT2D eigenvalue weighted by Gasteiger charge is -2.44. The number of likely N-dealkylation sites (tertiary alicyclic amines) is 1. The maximum Gasteiger partial charge on any atom is 0.393 e. The zero-order valence-corrected chi connectivity index (χ0v) is 22.6. The summed E-state index contributed by atoms with van der Waals surface area (Å²) in [5.41, 5.74) is -1.35. The Bertz CT molecular complexity index is 1350. The van der Waals surface area contributed by atoms with E-state index in [1.54, 1.807) is 18.2 Å². The molecule has 3 heterocycles. The molecule has 4 unspecified atom stereocenters. The van der Waals surface area contributed by atoms with Gasteiger partial charge in [0.2, 0.25) is 11.7 Å². The molecule has 4 atom stereocenters. The highest BCUT2D eigenvalue weighted by Gasteiger charge is 2.50. The molecular weight excluding hydrogens is 541 g/mol. The van der Waals surface area contributed by atoms with Crippen molar-refractivity contribution in [2.75, 3.05) is 12.4 Å². The second kappa shape index (κ2) is 10.3. The molecule has 0 bridgehead atoms. The van der Waals surface area contributed by atoms with Crippen LogP contribution in [-0.2, 0) is 17.8 Å². The number of amides is 1. The highest BCUT2D eigenvalue weighted by atomic mass is 32.1. The van der Waals surface area contributed by atoms with Gasteiger partial charge in [-0.25, -0.2) is 8.78 Å². The number of benzene rings is 1. The number of fused-ring (bicyclic) bond motifs is 1. The summed E-state index contributed by atoms with van der Waals surface area (Å²) in [6, 6.07) is 4.33. The number of carbonyl (C=O) groups is 1. The number of carbonyl (C=O) groups excluding carboxylic acids is 1. The van der Waals surface area contributed by atoms with Gasteiger partial charge >= 0.3 is 6.18 Å². The summed E-state index contributed by atoms with van der Waals surface area (Å²) in [4.78, 5) is 18.3. The van der Waals surface area contributed by atoms with Crippen molar-refractivity contribution in [1.29, 1.82) is 0 Å². The fourth-order valence-corrected chi connectivity index (χ4v) is 6.41. The van der Waals surface area contributed by atoms with Crippen molar-refractivity contribution >= 4 is 33.0 Å². The SMILES string of the molecule is CCC1CC(Nc2cccc3c(CC(F)(F)F)c(-c4noc(CNC(=O)C5(F)CC5)n4)sc23)C(F)C(C)N1C. The summed E-state index contributed by atoms with van der Waals surface area (Å²) in [5.74, 6) is -0.894. The van der Waals surface area contributed by atoms with Gasteiger partial charge in [0.05, 0.1) is 34.3 Å². The van der Waals surface area contributed by atoms with Crippen LogP contribution in [0.2, 0.25) is 0 Å². The monoisotopic (exact) mass is 571 g/mol. The van der Waals surface area contributed by atoms with E-state index in [9.17, 15) is 22.4 Å². The van der Waals surface area contributed by atoms with Crippen molar-refractivity contribution in [1.82, 2.24) is 20.4 Å². The highest BCUT2D eigenvalue weighted by Crippen LogP contribution is 2.44. The Kier molecular flexibility index (Phi) is 7.34. The number of halogens is 5. The van der Waals surface area contributed by atoms with Crippen molar-refractivity contribution in [2.45, 2.75) is 88.6 Å². The van der Waals surface area contributed by atoms with Crippen LogP contribution < -0.4 is 10.6 Å². The van der Waals surface area contributed by atoms with E-state index in [-0.39, 0.29) is 53.6 Å². The molecule has 1 aliphatic heterocycles. The summed E-state index contributed by atoms with van der Waals surface area (Å²) in [5, 5.41) is 9.89. The zero-order valence-electron chi connectivity index (χ0n) is 21.7. The van der Waals surface area contributed by atoms with Crippen LogP contribution in [-0.4, -0.2) is 64.1 Å². The molecule has 13 heteroatoms. The van der Waals surface area contributed by atoms with Gasteiger partial charge < -0.3 is 15.2 Å². The van der Waals surface area contributed by atoms with Crippen LogP contribution in [0.1, 0.15) is 51.0 Å². The second-order valence-electron chi connectivity index (χ2n) is 10.4. The molecule has 1 aliphatic carbocycles. The number of nitrogens with one attached hydrogen (secondary N) is 2. The molecule has 7 nitrogen and oxygen atoms in total. The minimum Gasteiger partial charge on any atom is -0.378 e. The molecule has 39 heavy (non-hydrogen) atoms. The quantitative estimate of drug-likeness (QED) is 0.333. The number of aromatic nitrogens is 2. The third-order valence-corrected chi connectivity index (χ3v) is 9.04. The standard InChI is InChI=1S/C26H30F5N5O2S/c1-4-14-10-18(20(27)13(2)36(14)3)33-17-7-5-6-15-16(11-26(29,30)31)22(39-21(15)17)23-34-19(38-35-23)12-32-24(37)25(28)8-9-25/h5-7,13-14,18,20,33H,4,8-12H2,1-3H3,(H,32,37). The molecule has 2 aromatic heterocycles. The topological polar surface area (TPSA) is 83.3 Å². The van der Waals surface area contributed by atoms with Gasteiger partial charge in [-0.15, -0.1) is 11.3 Å². The fraction of sp³-hybridized carbons (Fsp3) is 0.577. The van der Waals surface area contributed by atoms with Crippen LogP contribution in [0.4, 0.5) is 27.6 Å². The van der Waals surface area contributed by atoms with Crippen LogP contribution in [0.5, 0.6) is 0 Å². The van der Waals surface area contributed by atoms with Crippen LogP contribution >= 0.6 is 11.3 Å². The number of nitrogens with zero attached hydrogens (tertiary/aromatic N) is 3. The minimum atomic E-state index is -4.51. The van der Waals surface area contributed by atoms with Crippen molar-refractivity contribution < 1.29 is 31.3 Å². The van der Waals surface area contributed by atoms with Gasteiger partial charge in [0.15, 0.2) is 5.67 Å².